The van der Waals surface area contributed by atoms with Gasteiger partial charge < -0.3 is 11.1 Å². The Kier molecular flexibility index (Phi) is 5.89. The Balaban J connectivity index is 1.62. The van der Waals surface area contributed by atoms with Crippen LogP contribution in [0.3, 0.4) is 0 Å². The maximum absolute atomic E-state index is 10.9. The Bertz CT molecular complexity index is 565. The highest BCUT2D eigenvalue weighted by molar-refractivity contribution is 9.08. The second-order valence-corrected chi connectivity index (χ2v) is 7.81. The van der Waals surface area contributed by atoms with E-state index in [-0.39, 0.29) is 17.0 Å². The maximum atomic E-state index is 10.9. The Hall–Kier alpha value is -0.990. The molecule has 1 aliphatic carbocycles. The van der Waals surface area contributed by atoms with Crippen LogP contribution in [0, 0.1) is 10.1 Å². The van der Waals surface area contributed by atoms with E-state index in [4.69, 9.17) is 5.73 Å². The molecule has 7 nitrogen and oxygen atoms in total. The van der Waals surface area contributed by atoms with Crippen molar-refractivity contribution in [3.63, 3.8) is 0 Å². The molecule has 1 aromatic heterocycles. The van der Waals surface area contributed by atoms with E-state index in [0.717, 1.165) is 37.3 Å². The van der Waals surface area contributed by atoms with Crippen molar-refractivity contribution in [3.05, 3.63) is 27.8 Å². The van der Waals surface area contributed by atoms with Crippen molar-refractivity contribution in [2.45, 2.75) is 75.4 Å². The molecule has 1 saturated carbocycles. The van der Waals surface area contributed by atoms with Crippen LogP contribution in [0.25, 0.3) is 0 Å². The van der Waals surface area contributed by atoms with Gasteiger partial charge >= 0.3 is 0 Å². The molecule has 3 N–H and O–H groups in total. The third kappa shape index (κ3) is 3.97. The summed E-state index contributed by atoms with van der Waals surface area (Å²) in [4.78, 5) is 15.3. The summed E-state index contributed by atoms with van der Waals surface area (Å²) < 4.78 is 1.94. The van der Waals surface area contributed by atoms with Crippen LogP contribution in [-0.4, -0.2) is 32.1 Å². The van der Waals surface area contributed by atoms with Crippen molar-refractivity contribution >= 4 is 16.1 Å². The van der Waals surface area contributed by atoms with Gasteiger partial charge in [0, 0.05) is 35.9 Å². The average Bonchev–Trinajstić information content (AvgIpc) is 2.97. The Morgan fingerprint density at radius 3 is 2.75 bits per heavy atom. The van der Waals surface area contributed by atoms with Gasteiger partial charge in [-0.25, -0.2) is 4.98 Å². The quantitative estimate of drug-likeness (QED) is 0.585. The number of rotatable bonds is 5. The first-order chi connectivity index (χ1) is 11.6. The first-order valence-corrected chi connectivity index (χ1v) is 9.63. The lowest BCUT2D eigenvalue weighted by atomic mass is 9.84. The number of nitrogens with two attached hydrogens (primary N) is 1. The van der Waals surface area contributed by atoms with E-state index >= 15 is 0 Å². The predicted octanol–water partition coefficient (Wildman–Crippen LogP) is 2.88. The topological polar surface area (TPSA) is 99.0 Å². The molecule has 2 heterocycles. The average molecular weight is 400 g/mol. The number of nitrogens with one attached hydrogen (secondary N) is 1. The number of aromatic nitrogens is 2. The normalized spacial score (nSPS) is 29.3. The molecule has 0 radical (unpaired) electrons. The highest BCUT2D eigenvalue weighted by Gasteiger charge is 2.31. The predicted molar refractivity (Wildman–Crippen MR) is 95.7 cm³/mol. The van der Waals surface area contributed by atoms with Crippen molar-refractivity contribution in [3.8, 4) is 0 Å². The summed E-state index contributed by atoms with van der Waals surface area (Å²) in [5.74, 6) is 1.18. The number of hydrogen-bond donors (Lipinski definition) is 2. The number of nitrogens with zero attached hydrogens (tertiary/aromatic N) is 3. The van der Waals surface area contributed by atoms with E-state index in [9.17, 15) is 10.1 Å². The second kappa shape index (κ2) is 7.93. The van der Waals surface area contributed by atoms with Gasteiger partial charge in [-0.1, -0.05) is 6.42 Å². The van der Waals surface area contributed by atoms with Gasteiger partial charge in [0.1, 0.15) is 5.82 Å². The Morgan fingerprint density at radius 2 is 2.12 bits per heavy atom. The third-order valence-electron chi connectivity index (χ3n) is 5.45. The molecule has 1 aliphatic heterocycles. The molecule has 1 saturated heterocycles. The molecular formula is C16H26BrN5O2. The van der Waals surface area contributed by atoms with Crippen LogP contribution in [0.15, 0.2) is 6.20 Å². The number of hydrogen-bond acceptors (Lipinski definition) is 5. The van der Waals surface area contributed by atoms with Gasteiger partial charge in [-0.05, 0) is 38.6 Å². The highest BCUT2D eigenvalue weighted by Crippen LogP contribution is 2.35. The smallest absolute Gasteiger partial charge is 0.213 e. The molecule has 0 aromatic carbocycles. The SMILES string of the molecule is N[C@@H](CC1CCCCN1)c1ncc(C2CCC([N+](=O)[O-])CC2)n1Br. The van der Waals surface area contributed by atoms with E-state index in [2.05, 4.69) is 26.4 Å². The lowest BCUT2D eigenvalue weighted by Crippen LogP contribution is -2.36. The molecule has 3 rings (SSSR count). The first-order valence-electron chi connectivity index (χ1n) is 8.92. The van der Waals surface area contributed by atoms with Crippen molar-refractivity contribution in [1.29, 1.82) is 0 Å². The van der Waals surface area contributed by atoms with Gasteiger partial charge in [0.2, 0.25) is 6.04 Å². The van der Waals surface area contributed by atoms with Crippen LogP contribution < -0.4 is 11.1 Å². The van der Waals surface area contributed by atoms with E-state index < -0.39 is 0 Å². The van der Waals surface area contributed by atoms with E-state index in [1.54, 1.807) is 0 Å². The van der Waals surface area contributed by atoms with Crippen LogP contribution >= 0.6 is 16.1 Å². The molecule has 2 aliphatic rings. The number of piperidine rings is 1. The van der Waals surface area contributed by atoms with Crippen molar-refractivity contribution in [2.24, 2.45) is 5.73 Å². The van der Waals surface area contributed by atoms with Crippen LogP contribution in [0.4, 0.5) is 0 Å². The Morgan fingerprint density at radius 1 is 1.38 bits per heavy atom. The molecule has 2 atom stereocenters. The van der Waals surface area contributed by atoms with Gasteiger partial charge in [0.05, 0.1) is 27.9 Å². The largest absolute Gasteiger partial charge is 0.321 e. The summed E-state index contributed by atoms with van der Waals surface area (Å²) in [7, 11) is 0. The summed E-state index contributed by atoms with van der Waals surface area (Å²) in [5, 5.41) is 14.4. The van der Waals surface area contributed by atoms with Crippen LogP contribution in [0.2, 0.25) is 0 Å². The van der Waals surface area contributed by atoms with Gasteiger partial charge in [0.25, 0.3) is 0 Å². The van der Waals surface area contributed by atoms with Crippen LogP contribution in [0.1, 0.15) is 74.8 Å². The summed E-state index contributed by atoms with van der Waals surface area (Å²) in [6, 6.07) is -0.0205. The molecule has 0 bridgehead atoms. The standard InChI is InChI=1S/C16H26BrN5O2/c17-21-15(11-4-6-13(7-5-11)22(23)24)10-20-16(21)14(18)9-12-3-1-2-8-19-12/h10-14,19H,1-9,18H2/t11?,12?,13?,14-/m0/s1. The molecule has 0 spiro atoms. The molecule has 0 amide bonds. The summed E-state index contributed by atoms with van der Waals surface area (Å²) in [6.07, 6.45) is 9.41. The zero-order valence-electron chi connectivity index (χ0n) is 13.9. The lowest BCUT2D eigenvalue weighted by molar-refractivity contribution is -0.526. The zero-order chi connectivity index (χ0) is 17.1. The third-order valence-corrected chi connectivity index (χ3v) is 6.23. The molecule has 8 heteroatoms. The molecule has 24 heavy (non-hydrogen) atoms. The molecule has 1 unspecified atom stereocenters. The molecule has 2 fully saturated rings. The second-order valence-electron chi connectivity index (χ2n) is 7.10. The van der Waals surface area contributed by atoms with Gasteiger partial charge in [-0.3, -0.25) is 13.7 Å². The molecular weight excluding hydrogens is 374 g/mol. The number of nitro groups is 1. The highest BCUT2D eigenvalue weighted by atomic mass is 79.9. The van der Waals surface area contributed by atoms with Crippen molar-refractivity contribution < 1.29 is 4.92 Å². The van der Waals surface area contributed by atoms with E-state index in [0.29, 0.717) is 24.8 Å². The summed E-state index contributed by atoms with van der Waals surface area (Å²) >= 11 is 3.62. The fraction of sp³-hybridized carbons (Fsp3) is 0.812. The minimum atomic E-state index is -0.382. The van der Waals surface area contributed by atoms with Crippen LogP contribution in [0.5, 0.6) is 0 Å². The van der Waals surface area contributed by atoms with Gasteiger partial charge in [-0.15, -0.1) is 0 Å². The molecule has 1 aromatic rings. The minimum absolute atomic E-state index is 0.108. The maximum Gasteiger partial charge on any atom is 0.213 e. The number of halogens is 1. The van der Waals surface area contributed by atoms with Crippen molar-refractivity contribution in [2.75, 3.05) is 6.54 Å². The fourth-order valence-electron chi connectivity index (χ4n) is 3.99. The zero-order valence-corrected chi connectivity index (χ0v) is 15.5. The summed E-state index contributed by atoms with van der Waals surface area (Å²) in [6.45, 7) is 1.07. The fourth-order valence-corrected chi connectivity index (χ4v) is 4.73. The van der Waals surface area contributed by atoms with Gasteiger partial charge in [-0.2, -0.15) is 0 Å². The lowest BCUT2D eigenvalue weighted by Gasteiger charge is -2.26. The van der Waals surface area contributed by atoms with Gasteiger partial charge in [0.15, 0.2) is 0 Å². The summed E-state index contributed by atoms with van der Waals surface area (Å²) in [5.41, 5.74) is 7.48. The molecule has 134 valence electrons. The first kappa shape index (κ1) is 17.8. The minimum Gasteiger partial charge on any atom is -0.321 e. The van der Waals surface area contributed by atoms with Crippen LogP contribution in [-0.2, 0) is 0 Å². The van der Waals surface area contributed by atoms with E-state index in [1.165, 1.54) is 19.3 Å². The monoisotopic (exact) mass is 399 g/mol. The van der Waals surface area contributed by atoms with E-state index in [1.807, 2.05) is 9.79 Å². The Labute approximate surface area is 150 Å². The number of imidazole rings is 1. The van der Waals surface area contributed by atoms with Crippen molar-refractivity contribution in [1.82, 2.24) is 13.9 Å².